The average Bonchev–Trinajstić information content (AvgIpc) is 3.51. The Hall–Kier alpha value is -1.86. The van der Waals surface area contributed by atoms with Crippen molar-refractivity contribution >= 4 is 11.0 Å². The van der Waals surface area contributed by atoms with E-state index in [4.69, 9.17) is 4.98 Å². The number of fused-ring (bicyclic) bond motifs is 1. The normalized spacial score (nSPS) is 22.3. The second-order valence-electron chi connectivity index (χ2n) is 8.34. The molecule has 28 heavy (non-hydrogen) atoms. The number of halogens is 1. The van der Waals surface area contributed by atoms with E-state index in [1.807, 2.05) is 4.57 Å². The van der Waals surface area contributed by atoms with Gasteiger partial charge >= 0.3 is 0 Å². The Labute approximate surface area is 165 Å². The lowest BCUT2D eigenvalue weighted by molar-refractivity contribution is 0.183. The largest absolute Gasteiger partial charge is 0.313 e. The molecule has 2 aromatic rings. The predicted molar refractivity (Wildman–Crippen MR) is 108 cm³/mol. The van der Waals surface area contributed by atoms with E-state index in [0.29, 0.717) is 24.2 Å². The van der Waals surface area contributed by atoms with E-state index in [1.165, 1.54) is 6.07 Å². The molecule has 0 aromatic carbocycles. The maximum absolute atomic E-state index is 13.7. The van der Waals surface area contributed by atoms with Crippen LogP contribution in [0.1, 0.15) is 57.8 Å². The summed E-state index contributed by atoms with van der Waals surface area (Å²) in [6, 6.07) is 1.85. The third-order valence-corrected chi connectivity index (χ3v) is 5.99. The average molecular weight is 388 g/mol. The molecule has 2 atom stereocenters. The van der Waals surface area contributed by atoms with E-state index in [-0.39, 0.29) is 17.0 Å². The lowest BCUT2D eigenvalue weighted by atomic mass is 10.1. The zero-order valence-corrected chi connectivity index (χ0v) is 16.8. The number of nitrogens with zero attached hydrogens (tertiary/aromatic N) is 4. The zero-order valence-electron chi connectivity index (χ0n) is 16.8. The molecule has 2 fully saturated rings. The van der Waals surface area contributed by atoms with Gasteiger partial charge in [0.05, 0.1) is 17.6 Å². The summed E-state index contributed by atoms with van der Waals surface area (Å²) >= 11 is 0. The van der Waals surface area contributed by atoms with Crippen molar-refractivity contribution in [3.63, 3.8) is 0 Å². The van der Waals surface area contributed by atoms with Crippen LogP contribution in [0, 0.1) is 11.7 Å². The van der Waals surface area contributed by atoms with Gasteiger partial charge in [0, 0.05) is 32.2 Å². The molecule has 1 unspecified atom stereocenters. The molecule has 1 N–H and O–H groups in total. The summed E-state index contributed by atoms with van der Waals surface area (Å²) in [4.78, 5) is 24.7. The van der Waals surface area contributed by atoms with Gasteiger partial charge in [-0.05, 0) is 44.6 Å². The molecular weight excluding hydrogens is 357 g/mol. The molecule has 1 saturated carbocycles. The van der Waals surface area contributed by atoms with Crippen LogP contribution < -0.4 is 10.9 Å². The van der Waals surface area contributed by atoms with E-state index < -0.39 is 5.82 Å². The minimum Gasteiger partial charge on any atom is -0.313 e. The quantitative estimate of drug-likeness (QED) is 0.826. The first-order valence-electron chi connectivity index (χ1n) is 10.6. The van der Waals surface area contributed by atoms with Crippen LogP contribution in [0.4, 0.5) is 4.39 Å². The van der Waals surface area contributed by atoms with E-state index >= 15 is 0 Å². The van der Waals surface area contributed by atoms with Gasteiger partial charge in [-0.25, -0.2) is 14.4 Å². The van der Waals surface area contributed by atoms with Crippen molar-refractivity contribution in [3.8, 4) is 0 Å². The number of hydrogen-bond donors (Lipinski definition) is 1. The molecule has 7 heteroatoms. The van der Waals surface area contributed by atoms with Gasteiger partial charge in [0.15, 0.2) is 5.65 Å². The monoisotopic (exact) mass is 387 g/mol. The molecule has 4 rings (SSSR count). The summed E-state index contributed by atoms with van der Waals surface area (Å²) in [6.07, 6.45) is 6.47. The Balaban J connectivity index is 1.80. The van der Waals surface area contributed by atoms with Crippen LogP contribution >= 0.6 is 0 Å². The molecule has 152 valence electrons. The van der Waals surface area contributed by atoms with E-state index in [0.717, 1.165) is 63.8 Å². The molecule has 6 nitrogen and oxygen atoms in total. The SMILES string of the molecule is CCC[C@@H](c1nc2ncc(F)cc2c(=O)n1CC1CC1)N1CCNC(C)CC1. The third-order valence-electron chi connectivity index (χ3n) is 5.99. The highest BCUT2D eigenvalue weighted by Gasteiger charge is 2.30. The fourth-order valence-electron chi connectivity index (χ4n) is 4.17. The summed E-state index contributed by atoms with van der Waals surface area (Å²) in [5.41, 5.74) is 0.206. The molecule has 2 aromatic heterocycles. The van der Waals surface area contributed by atoms with E-state index in [9.17, 15) is 9.18 Å². The molecule has 2 aliphatic rings. The van der Waals surface area contributed by atoms with Gasteiger partial charge in [0.25, 0.3) is 5.56 Å². The fraction of sp³-hybridized carbons (Fsp3) is 0.667. The molecular formula is C21H30FN5O. The first-order valence-corrected chi connectivity index (χ1v) is 10.6. The molecule has 1 aliphatic carbocycles. The van der Waals surface area contributed by atoms with Crippen molar-refractivity contribution in [1.29, 1.82) is 0 Å². The van der Waals surface area contributed by atoms with E-state index in [1.54, 1.807) is 0 Å². The van der Waals surface area contributed by atoms with Gasteiger partial charge < -0.3 is 5.32 Å². The number of hydrogen-bond acceptors (Lipinski definition) is 5. The molecule has 1 saturated heterocycles. The standard InChI is InChI=1S/C21H30FN5O/c1-3-4-18(26-9-7-14(2)23-8-10-26)20-25-19-17(11-16(22)12-24-19)21(28)27(20)13-15-5-6-15/h11-12,14-15,18,23H,3-10,13H2,1-2H3/t14?,18-/m0/s1. The van der Waals surface area contributed by atoms with Crippen LogP contribution in [0.3, 0.4) is 0 Å². The van der Waals surface area contributed by atoms with E-state index in [2.05, 4.69) is 29.0 Å². The molecule has 0 radical (unpaired) electrons. The van der Waals surface area contributed by atoms with Crippen LogP contribution in [-0.4, -0.2) is 45.1 Å². The number of pyridine rings is 1. The Kier molecular flexibility index (Phi) is 5.73. The van der Waals surface area contributed by atoms with Crippen molar-refractivity contribution in [1.82, 2.24) is 24.8 Å². The Morgan fingerprint density at radius 1 is 1.32 bits per heavy atom. The van der Waals surface area contributed by atoms with Gasteiger partial charge in [-0.15, -0.1) is 0 Å². The maximum Gasteiger partial charge on any atom is 0.263 e. The first-order chi connectivity index (χ1) is 13.6. The van der Waals surface area contributed by atoms with Crippen LogP contribution in [0.15, 0.2) is 17.1 Å². The number of nitrogens with one attached hydrogen (secondary N) is 1. The summed E-state index contributed by atoms with van der Waals surface area (Å²) in [6.45, 7) is 7.91. The molecule has 3 heterocycles. The highest BCUT2D eigenvalue weighted by atomic mass is 19.1. The highest BCUT2D eigenvalue weighted by molar-refractivity contribution is 5.73. The van der Waals surface area contributed by atoms with Crippen molar-refractivity contribution in [2.45, 2.75) is 64.6 Å². The second-order valence-corrected chi connectivity index (χ2v) is 8.34. The van der Waals surface area contributed by atoms with Gasteiger partial charge in [-0.2, -0.15) is 0 Å². The van der Waals surface area contributed by atoms with Crippen molar-refractivity contribution in [2.24, 2.45) is 5.92 Å². The summed E-state index contributed by atoms with van der Waals surface area (Å²) in [7, 11) is 0. The minimum absolute atomic E-state index is 0.0832. The van der Waals surface area contributed by atoms with Crippen molar-refractivity contribution in [2.75, 3.05) is 19.6 Å². The lowest BCUT2D eigenvalue weighted by Gasteiger charge is -2.31. The van der Waals surface area contributed by atoms with Crippen LogP contribution in [-0.2, 0) is 6.54 Å². The molecule has 0 amide bonds. The van der Waals surface area contributed by atoms with Crippen LogP contribution in [0.2, 0.25) is 0 Å². The molecule has 1 aliphatic heterocycles. The van der Waals surface area contributed by atoms with Crippen molar-refractivity contribution in [3.05, 3.63) is 34.3 Å². The number of aromatic nitrogens is 3. The zero-order chi connectivity index (χ0) is 19.7. The Morgan fingerprint density at radius 3 is 2.89 bits per heavy atom. The van der Waals surface area contributed by atoms with Gasteiger partial charge in [-0.1, -0.05) is 13.3 Å². The minimum atomic E-state index is -0.491. The fourth-order valence-corrected chi connectivity index (χ4v) is 4.17. The van der Waals surface area contributed by atoms with Gasteiger partial charge in [0.1, 0.15) is 11.6 Å². The predicted octanol–water partition coefficient (Wildman–Crippen LogP) is 2.87. The smallest absolute Gasteiger partial charge is 0.263 e. The maximum atomic E-state index is 13.7. The molecule has 0 spiro atoms. The summed E-state index contributed by atoms with van der Waals surface area (Å²) in [5.74, 6) is 0.847. The lowest BCUT2D eigenvalue weighted by Crippen LogP contribution is -2.37. The van der Waals surface area contributed by atoms with Gasteiger partial charge in [-0.3, -0.25) is 14.3 Å². The van der Waals surface area contributed by atoms with Crippen LogP contribution in [0.25, 0.3) is 11.0 Å². The molecule has 0 bridgehead atoms. The van der Waals surface area contributed by atoms with Gasteiger partial charge in [0.2, 0.25) is 0 Å². The third kappa shape index (κ3) is 4.10. The Bertz CT molecular complexity index is 894. The summed E-state index contributed by atoms with van der Waals surface area (Å²) < 4.78 is 15.5. The van der Waals surface area contributed by atoms with Crippen LogP contribution in [0.5, 0.6) is 0 Å². The number of rotatable bonds is 6. The topological polar surface area (TPSA) is 63.1 Å². The second kappa shape index (κ2) is 8.25. The van der Waals surface area contributed by atoms with Crippen molar-refractivity contribution < 1.29 is 4.39 Å². The summed E-state index contributed by atoms with van der Waals surface area (Å²) in [5, 5.41) is 3.83. The highest BCUT2D eigenvalue weighted by Crippen LogP contribution is 2.32. The Morgan fingerprint density at radius 2 is 2.14 bits per heavy atom. The first kappa shape index (κ1) is 19.5.